The first kappa shape index (κ1) is 18.6. The summed E-state index contributed by atoms with van der Waals surface area (Å²) in [5, 5.41) is 2.81. The smallest absolute Gasteiger partial charge is 0.254 e. The fourth-order valence-electron chi connectivity index (χ4n) is 3.10. The van der Waals surface area contributed by atoms with Gasteiger partial charge in [0, 0.05) is 44.6 Å². The number of nitrogens with zero attached hydrogens (tertiary/aromatic N) is 3. The number of aryl methyl sites for hydroxylation is 1. The summed E-state index contributed by atoms with van der Waals surface area (Å²) in [6.45, 7) is 5.21. The minimum absolute atomic E-state index is 0.118. The van der Waals surface area contributed by atoms with Gasteiger partial charge in [-0.2, -0.15) is 0 Å². The van der Waals surface area contributed by atoms with Crippen LogP contribution in [0.2, 0.25) is 0 Å². The van der Waals surface area contributed by atoms with Crippen molar-refractivity contribution in [2.45, 2.75) is 30.0 Å². The number of benzene rings is 1. The molecule has 1 unspecified atom stereocenters. The van der Waals surface area contributed by atoms with E-state index in [1.807, 2.05) is 17.8 Å². The van der Waals surface area contributed by atoms with Crippen molar-refractivity contribution in [2.24, 2.45) is 7.05 Å². The third-order valence-electron chi connectivity index (χ3n) is 4.71. The fraction of sp³-hybridized carbons (Fsp3) is 0.444. The minimum atomic E-state index is -3.34. The van der Waals surface area contributed by atoms with Crippen LogP contribution in [0.1, 0.15) is 36.1 Å². The van der Waals surface area contributed by atoms with Gasteiger partial charge in [0.2, 0.25) is 0 Å². The molecule has 0 saturated carbocycles. The zero-order valence-corrected chi connectivity index (χ0v) is 16.0. The number of nitrogens with one attached hydrogen (secondary N) is 1. The molecule has 1 atom stereocenters. The van der Waals surface area contributed by atoms with E-state index in [1.165, 1.54) is 12.1 Å². The number of hydrogen-bond acceptors (Lipinski definition) is 5. The number of carbonyl (C=O) groups is 1. The highest BCUT2D eigenvalue weighted by Crippen LogP contribution is 2.24. The number of amides is 1. The molecule has 2 heterocycles. The molecule has 2 aromatic rings. The molecule has 0 radical (unpaired) electrons. The van der Waals surface area contributed by atoms with Crippen LogP contribution in [0.25, 0.3) is 0 Å². The molecule has 3 rings (SSSR count). The molecule has 1 saturated heterocycles. The molecular weight excluding hydrogens is 352 g/mol. The molecule has 1 aromatic heterocycles. The van der Waals surface area contributed by atoms with Crippen molar-refractivity contribution in [1.29, 1.82) is 0 Å². The molecule has 1 fully saturated rings. The van der Waals surface area contributed by atoms with E-state index in [9.17, 15) is 13.2 Å². The van der Waals surface area contributed by atoms with E-state index >= 15 is 0 Å². The van der Waals surface area contributed by atoms with Gasteiger partial charge in [0.25, 0.3) is 5.91 Å². The van der Waals surface area contributed by atoms with Crippen LogP contribution in [0.4, 0.5) is 0 Å². The zero-order chi connectivity index (χ0) is 18.9. The van der Waals surface area contributed by atoms with Crippen LogP contribution >= 0.6 is 0 Å². The van der Waals surface area contributed by atoms with Gasteiger partial charge in [0.1, 0.15) is 11.9 Å². The number of aromatic nitrogens is 2. The Kier molecular flexibility index (Phi) is 5.15. The van der Waals surface area contributed by atoms with Crippen molar-refractivity contribution in [3.63, 3.8) is 0 Å². The topological polar surface area (TPSA) is 84.3 Å². The standard InChI is InChI=1S/C18H24N4O3S/c1-13(2)26(24,25)15-6-4-14(5-7-15)18(23)22-11-8-19-12-16(22)17-20-9-10-21(17)3/h4-7,9-10,13,16,19H,8,11-12H2,1-3H3. The first-order chi connectivity index (χ1) is 12.3. The third-order valence-corrected chi connectivity index (χ3v) is 6.88. The Morgan fingerprint density at radius 2 is 1.96 bits per heavy atom. The maximum absolute atomic E-state index is 13.0. The normalized spacial score (nSPS) is 18.3. The lowest BCUT2D eigenvalue weighted by atomic mass is 10.1. The molecule has 1 aliphatic heterocycles. The number of rotatable bonds is 4. The maximum Gasteiger partial charge on any atom is 0.254 e. The van der Waals surface area contributed by atoms with Crippen LogP contribution in [-0.2, 0) is 16.9 Å². The zero-order valence-electron chi connectivity index (χ0n) is 15.2. The highest BCUT2D eigenvalue weighted by molar-refractivity contribution is 7.92. The van der Waals surface area contributed by atoms with E-state index in [2.05, 4.69) is 10.3 Å². The quantitative estimate of drug-likeness (QED) is 0.872. The van der Waals surface area contributed by atoms with E-state index in [4.69, 9.17) is 0 Å². The van der Waals surface area contributed by atoms with Crippen molar-refractivity contribution in [3.05, 3.63) is 48.0 Å². The van der Waals surface area contributed by atoms with Crippen molar-refractivity contribution in [2.75, 3.05) is 19.6 Å². The summed E-state index contributed by atoms with van der Waals surface area (Å²) in [6.07, 6.45) is 3.58. The molecule has 0 aliphatic carbocycles. The van der Waals surface area contributed by atoms with Crippen LogP contribution in [0.5, 0.6) is 0 Å². The van der Waals surface area contributed by atoms with Crippen molar-refractivity contribution in [1.82, 2.24) is 19.8 Å². The molecule has 1 aromatic carbocycles. The molecular formula is C18H24N4O3S. The molecule has 7 nitrogen and oxygen atoms in total. The monoisotopic (exact) mass is 376 g/mol. The highest BCUT2D eigenvalue weighted by atomic mass is 32.2. The van der Waals surface area contributed by atoms with Crippen LogP contribution in [-0.4, -0.2) is 53.7 Å². The van der Waals surface area contributed by atoms with E-state index in [1.54, 1.807) is 37.1 Å². The lowest BCUT2D eigenvalue weighted by Gasteiger charge is -2.35. The van der Waals surface area contributed by atoms with Gasteiger partial charge >= 0.3 is 0 Å². The van der Waals surface area contributed by atoms with Gasteiger partial charge in [-0.1, -0.05) is 0 Å². The second-order valence-corrected chi connectivity index (χ2v) is 9.24. The number of carbonyl (C=O) groups excluding carboxylic acids is 1. The number of piperazine rings is 1. The average Bonchev–Trinajstić information content (AvgIpc) is 3.07. The summed E-state index contributed by atoms with van der Waals surface area (Å²) in [5.41, 5.74) is 0.480. The van der Waals surface area contributed by atoms with Gasteiger partial charge in [-0.3, -0.25) is 4.79 Å². The number of hydrogen-bond donors (Lipinski definition) is 1. The lowest BCUT2D eigenvalue weighted by molar-refractivity contribution is 0.0621. The van der Waals surface area contributed by atoms with Gasteiger partial charge in [-0.05, 0) is 38.1 Å². The van der Waals surface area contributed by atoms with Crippen LogP contribution in [0, 0.1) is 0 Å². The van der Waals surface area contributed by atoms with Gasteiger partial charge in [0.05, 0.1) is 10.1 Å². The Labute approximate surface area is 154 Å². The molecule has 0 spiro atoms. The van der Waals surface area contributed by atoms with Gasteiger partial charge < -0.3 is 14.8 Å². The first-order valence-electron chi connectivity index (χ1n) is 8.65. The summed E-state index contributed by atoms with van der Waals surface area (Å²) < 4.78 is 26.4. The van der Waals surface area contributed by atoms with Gasteiger partial charge in [-0.25, -0.2) is 13.4 Å². The van der Waals surface area contributed by atoms with Crippen molar-refractivity contribution in [3.8, 4) is 0 Å². The maximum atomic E-state index is 13.0. The predicted octanol–water partition coefficient (Wildman–Crippen LogP) is 1.39. The van der Waals surface area contributed by atoms with Gasteiger partial charge in [-0.15, -0.1) is 0 Å². The largest absolute Gasteiger partial charge is 0.336 e. The summed E-state index contributed by atoms with van der Waals surface area (Å²) in [6, 6.07) is 6.06. The van der Waals surface area contributed by atoms with Gasteiger partial charge in [0.15, 0.2) is 9.84 Å². The minimum Gasteiger partial charge on any atom is -0.336 e. The average molecular weight is 376 g/mol. The summed E-state index contributed by atoms with van der Waals surface area (Å²) in [4.78, 5) is 19.4. The second-order valence-electron chi connectivity index (χ2n) is 6.73. The molecule has 1 aliphatic rings. The third kappa shape index (κ3) is 3.39. The predicted molar refractivity (Wildman–Crippen MR) is 98.6 cm³/mol. The molecule has 140 valence electrons. The summed E-state index contributed by atoms with van der Waals surface area (Å²) >= 11 is 0. The van der Waals surface area contributed by atoms with E-state index in [-0.39, 0.29) is 16.8 Å². The van der Waals surface area contributed by atoms with E-state index < -0.39 is 15.1 Å². The first-order valence-corrected chi connectivity index (χ1v) is 10.2. The molecule has 1 N–H and O–H groups in total. The Hall–Kier alpha value is -2.19. The Morgan fingerprint density at radius 3 is 2.54 bits per heavy atom. The lowest BCUT2D eigenvalue weighted by Crippen LogP contribution is -2.49. The van der Waals surface area contributed by atoms with E-state index in [0.29, 0.717) is 25.2 Å². The highest BCUT2D eigenvalue weighted by Gasteiger charge is 2.31. The molecule has 0 bridgehead atoms. The summed E-state index contributed by atoms with van der Waals surface area (Å²) in [7, 11) is -1.44. The SMILES string of the molecule is CC(C)S(=O)(=O)c1ccc(C(=O)N2CCNCC2c2nccn2C)cc1. The molecule has 26 heavy (non-hydrogen) atoms. The Balaban J connectivity index is 1.87. The Morgan fingerprint density at radius 1 is 1.27 bits per heavy atom. The molecule has 1 amide bonds. The van der Waals surface area contributed by atoms with Crippen molar-refractivity contribution < 1.29 is 13.2 Å². The number of sulfone groups is 1. The summed E-state index contributed by atoms with van der Waals surface area (Å²) in [5.74, 6) is 0.706. The second kappa shape index (κ2) is 7.20. The fourth-order valence-corrected chi connectivity index (χ4v) is 4.16. The van der Waals surface area contributed by atoms with Crippen LogP contribution in [0.3, 0.4) is 0 Å². The Bertz CT molecular complexity index is 887. The number of imidazole rings is 1. The van der Waals surface area contributed by atoms with Crippen molar-refractivity contribution >= 4 is 15.7 Å². The van der Waals surface area contributed by atoms with E-state index in [0.717, 1.165) is 5.82 Å². The molecule has 8 heteroatoms. The van der Waals surface area contributed by atoms with Crippen LogP contribution < -0.4 is 5.32 Å². The van der Waals surface area contributed by atoms with Crippen LogP contribution in [0.15, 0.2) is 41.6 Å².